The van der Waals surface area contributed by atoms with Crippen molar-refractivity contribution < 1.29 is 4.79 Å². The number of hydrogen-bond acceptors (Lipinski definition) is 4. The molecule has 0 fully saturated rings. The molecule has 0 spiro atoms. The molecule has 0 radical (unpaired) electrons. The van der Waals surface area contributed by atoms with E-state index in [0.717, 1.165) is 10.4 Å². The zero-order valence-corrected chi connectivity index (χ0v) is 8.91. The van der Waals surface area contributed by atoms with Crippen LogP contribution in [0, 0.1) is 6.92 Å². The lowest BCUT2D eigenvalue weighted by Gasteiger charge is -1.98. The molecule has 0 N–H and O–H groups in total. The topological polar surface area (TPSA) is 42.3 Å². The van der Waals surface area contributed by atoms with Gasteiger partial charge in [0.2, 0.25) is 6.08 Å². The average molecular weight is 216 g/mol. The van der Waals surface area contributed by atoms with Gasteiger partial charge in [0.15, 0.2) is 0 Å². The number of nitrogens with zero attached hydrogens (tertiary/aromatic N) is 2. The Balaban J connectivity index is 2.53. The van der Waals surface area contributed by atoms with Gasteiger partial charge in [-0.05, 0) is 24.0 Å². The molecule has 2 aromatic rings. The molecule has 3 nitrogen and oxygen atoms in total. The lowest BCUT2D eigenvalue weighted by molar-refractivity contribution is 0.565. The van der Waals surface area contributed by atoms with E-state index in [1.165, 1.54) is 23.2 Å². The first-order chi connectivity index (χ1) is 7.31. The molecule has 1 aromatic heterocycles. The zero-order valence-electron chi connectivity index (χ0n) is 8.10. The molecule has 1 heterocycles. The van der Waals surface area contributed by atoms with Crippen molar-refractivity contribution in [3.8, 4) is 10.4 Å². The summed E-state index contributed by atoms with van der Waals surface area (Å²) in [5, 5.41) is 0. The van der Waals surface area contributed by atoms with Gasteiger partial charge in [-0.2, -0.15) is 9.37 Å². The van der Waals surface area contributed by atoms with Gasteiger partial charge in [0.05, 0.1) is 11.1 Å². The maximum Gasteiger partial charge on any atom is 0.240 e. The van der Waals surface area contributed by atoms with Crippen molar-refractivity contribution in [2.24, 2.45) is 4.99 Å². The Morgan fingerprint density at radius 3 is 3.07 bits per heavy atom. The number of aryl methyl sites for hydroxylation is 1. The molecule has 0 atom stereocenters. The molecule has 0 amide bonds. The normalized spacial score (nSPS) is 9.67. The van der Waals surface area contributed by atoms with E-state index >= 15 is 0 Å². The largest absolute Gasteiger partial charge is 0.240 e. The van der Waals surface area contributed by atoms with E-state index in [0.29, 0.717) is 5.69 Å². The van der Waals surface area contributed by atoms with Crippen molar-refractivity contribution >= 4 is 23.3 Å². The third-order valence-electron chi connectivity index (χ3n) is 2.00. The Labute approximate surface area is 91.3 Å². The van der Waals surface area contributed by atoms with Gasteiger partial charge in [-0.15, -0.1) is 0 Å². The first-order valence-corrected chi connectivity index (χ1v) is 5.18. The summed E-state index contributed by atoms with van der Waals surface area (Å²) in [4.78, 5) is 14.7. The highest BCUT2D eigenvalue weighted by Gasteiger charge is 2.07. The maximum absolute atomic E-state index is 10.2. The van der Waals surface area contributed by atoms with Crippen LogP contribution in [0.3, 0.4) is 0 Å². The Hall–Kier alpha value is -1.77. The molecule has 0 bridgehead atoms. The third kappa shape index (κ3) is 2.01. The third-order valence-corrected chi connectivity index (χ3v) is 2.84. The number of isocyanates is 1. The minimum Gasteiger partial charge on any atom is -0.211 e. The molecule has 0 unspecified atom stereocenters. The summed E-state index contributed by atoms with van der Waals surface area (Å²) < 4.78 is 4.02. The highest BCUT2D eigenvalue weighted by Crippen LogP contribution is 2.33. The summed E-state index contributed by atoms with van der Waals surface area (Å²) in [5.41, 5.74) is 2.79. The Kier molecular flexibility index (Phi) is 2.72. The summed E-state index contributed by atoms with van der Waals surface area (Å²) >= 11 is 1.33. The lowest BCUT2D eigenvalue weighted by atomic mass is 10.1. The predicted molar refractivity (Wildman–Crippen MR) is 60.1 cm³/mol. The summed E-state index contributed by atoms with van der Waals surface area (Å²) in [7, 11) is 0. The van der Waals surface area contributed by atoms with Gasteiger partial charge < -0.3 is 0 Å². The van der Waals surface area contributed by atoms with Crippen LogP contribution in [-0.4, -0.2) is 10.5 Å². The van der Waals surface area contributed by atoms with Crippen LogP contribution in [0.15, 0.2) is 35.5 Å². The Morgan fingerprint density at radius 1 is 1.47 bits per heavy atom. The highest BCUT2D eigenvalue weighted by atomic mass is 32.1. The van der Waals surface area contributed by atoms with E-state index in [2.05, 4.69) is 9.37 Å². The van der Waals surface area contributed by atoms with Crippen molar-refractivity contribution in [3.05, 3.63) is 36.0 Å². The van der Waals surface area contributed by atoms with E-state index in [1.54, 1.807) is 6.20 Å². The van der Waals surface area contributed by atoms with Crippen LogP contribution in [0.4, 0.5) is 5.69 Å². The Bertz CT molecular complexity index is 527. The van der Waals surface area contributed by atoms with E-state index in [4.69, 9.17) is 0 Å². The van der Waals surface area contributed by atoms with Crippen LogP contribution in [0.5, 0.6) is 0 Å². The fraction of sp³-hybridized carbons (Fsp3) is 0.0909. The van der Waals surface area contributed by atoms with Gasteiger partial charge in [0.25, 0.3) is 0 Å². The molecular formula is C11H8N2OS. The molecule has 0 aliphatic rings. The van der Waals surface area contributed by atoms with Crippen LogP contribution >= 0.6 is 11.5 Å². The molecule has 0 aliphatic carbocycles. The monoisotopic (exact) mass is 216 g/mol. The second-order valence-electron chi connectivity index (χ2n) is 3.11. The first kappa shape index (κ1) is 9.77. The number of carbonyl (C=O) groups excluding carboxylic acids is 1. The summed E-state index contributed by atoms with van der Waals surface area (Å²) in [6.45, 7) is 2.02. The van der Waals surface area contributed by atoms with Crippen LogP contribution in [-0.2, 0) is 4.79 Å². The summed E-state index contributed by atoms with van der Waals surface area (Å²) in [5.74, 6) is 0. The minimum absolute atomic E-state index is 0.584. The van der Waals surface area contributed by atoms with Gasteiger partial charge in [0, 0.05) is 0 Å². The van der Waals surface area contributed by atoms with E-state index in [1.807, 2.05) is 31.2 Å². The fourth-order valence-corrected chi connectivity index (χ4v) is 2.03. The quantitative estimate of drug-likeness (QED) is 0.571. The molecular weight excluding hydrogens is 208 g/mol. The highest BCUT2D eigenvalue weighted by molar-refractivity contribution is 7.10. The molecule has 0 saturated heterocycles. The van der Waals surface area contributed by atoms with Gasteiger partial charge in [-0.25, -0.2) is 4.79 Å². The first-order valence-electron chi connectivity index (χ1n) is 4.41. The van der Waals surface area contributed by atoms with Gasteiger partial charge >= 0.3 is 0 Å². The molecule has 4 heteroatoms. The van der Waals surface area contributed by atoms with Crippen molar-refractivity contribution in [1.29, 1.82) is 0 Å². The second kappa shape index (κ2) is 4.17. The summed E-state index contributed by atoms with van der Waals surface area (Å²) in [6.07, 6.45) is 3.11. The van der Waals surface area contributed by atoms with Gasteiger partial charge in [0.1, 0.15) is 5.69 Å². The smallest absolute Gasteiger partial charge is 0.211 e. The maximum atomic E-state index is 10.2. The van der Waals surface area contributed by atoms with Crippen molar-refractivity contribution in [2.75, 3.05) is 0 Å². The van der Waals surface area contributed by atoms with Crippen molar-refractivity contribution in [2.45, 2.75) is 6.92 Å². The van der Waals surface area contributed by atoms with Crippen LogP contribution in [0.2, 0.25) is 0 Å². The second-order valence-corrected chi connectivity index (χ2v) is 3.91. The minimum atomic E-state index is 0.584. The number of aliphatic imine (C=N–C) groups is 1. The number of aromatic nitrogens is 1. The van der Waals surface area contributed by atoms with E-state index in [-0.39, 0.29) is 0 Å². The van der Waals surface area contributed by atoms with Crippen LogP contribution < -0.4 is 0 Å². The molecule has 15 heavy (non-hydrogen) atoms. The molecule has 2 rings (SSSR count). The van der Waals surface area contributed by atoms with Crippen LogP contribution in [0.25, 0.3) is 10.4 Å². The summed E-state index contributed by atoms with van der Waals surface area (Å²) in [6, 6.07) is 8.01. The van der Waals surface area contributed by atoms with E-state index < -0.39 is 0 Å². The van der Waals surface area contributed by atoms with Gasteiger partial charge in [-0.3, -0.25) is 0 Å². The zero-order chi connectivity index (χ0) is 10.7. The number of rotatable bonds is 2. The standard InChI is InChI=1S/C11H8N2OS/c1-8-3-2-4-9(5-8)11-10(12-7-14)6-13-15-11/h2-6H,1H3. The lowest BCUT2D eigenvalue weighted by Crippen LogP contribution is -1.75. The van der Waals surface area contributed by atoms with Crippen molar-refractivity contribution in [1.82, 2.24) is 4.37 Å². The number of hydrogen-bond donors (Lipinski definition) is 0. The van der Waals surface area contributed by atoms with Gasteiger partial charge in [-0.1, -0.05) is 29.8 Å². The Morgan fingerprint density at radius 2 is 2.33 bits per heavy atom. The molecule has 74 valence electrons. The number of benzene rings is 1. The molecule has 1 aromatic carbocycles. The molecule has 0 saturated carbocycles. The molecule has 0 aliphatic heterocycles. The SMILES string of the molecule is Cc1cccc(-c2sncc2N=C=O)c1. The predicted octanol–water partition coefficient (Wildman–Crippen LogP) is 3.09. The van der Waals surface area contributed by atoms with E-state index in [9.17, 15) is 4.79 Å². The van der Waals surface area contributed by atoms with Crippen LogP contribution in [0.1, 0.15) is 5.56 Å². The average Bonchev–Trinajstić information content (AvgIpc) is 2.66. The van der Waals surface area contributed by atoms with Crippen molar-refractivity contribution in [3.63, 3.8) is 0 Å². The fourth-order valence-electron chi connectivity index (χ4n) is 1.35.